The molecule has 1 N–H and O–H groups in total. The molecule has 0 spiro atoms. The van der Waals surface area contributed by atoms with E-state index < -0.39 is 7.49 Å². The van der Waals surface area contributed by atoms with E-state index in [-0.39, 0.29) is 0 Å². The molecule has 0 aliphatic heterocycles. The molecule has 0 aliphatic carbocycles. The van der Waals surface area contributed by atoms with E-state index >= 15 is 0 Å². The molecule has 1 heterocycles. The van der Waals surface area contributed by atoms with Gasteiger partial charge in [0.2, 0.25) is 0 Å². The van der Waals surface area contributed by atoms with Crippen molar-refractivity contribution < 1.29 is 4.89 Å². The number of rotatable bonds is 4. The van der Waals surface area contributed by atoms with Crippen molar-refractivity contribution in [2.45, 2.75) is 0 Å². The molecular weight excluding hydrogens is 457 g/mol. The normalized spacial score (nSPS) is 12.5. The summed E-state index contributed by atoms with van der Waals surface area (Å²) in [4.78, 5) is 17.1. The van der Waals surface area contributed by atoms with Crippen molar-refractivity contribution in [3.63, 3.8) is 0 Å². The van der Waals surface area contributed by atoms with Crippen LogP contribution in [0.2, 0.25) is 0 Å². The van der Waals surface area contributed by atoms with Gasteiger partial charge in [-0.05, 0) is 0 Å². The van der Waals surface area contributed by atoms with Crippen molar-refractivity contribution in [1.82, 2.24) is 4.98 Å². The Morgan fingerprint density at radius 2 is 1.08 bits per heavy atom. The quantitative estimate of drug-likeness (QED) is 0.228. The molecule has 0 bridgehead atoms. The Morgan fingerprint density at radius 3 is 1.69 bits per heavy atom. The van der Waals surface area contributed by atoms with E-state index in [4.69, 9.17) is 4.98 Å². The first kappa shape index (κ1) is 21.2. The Kier molecular flexibility index (Phi) is 4.85. The Balaban J connectivity index is 1.40. The average molecular weight is 482 g/mol. The van der Waals surface area contributed by atoms with Crippen LogP contribution in [-0.4, -0.2) is 9.88 Å². The molecule has 0 amide bonds. The van der Waals surface area contributed by atoms with Gasteiger partial charge in [0.1, 0.15) is 0 Å². The predicted molar refractivity (Wildman–Crippen MR) is 156 cm³/mol. The zero-order valence-electron chi connectivity index (χ0n) is 19.6. The van der Waals surface area contributed by atoms with Gasteiger partial charge in [0.15, 0.2) is 0 Å². The standard InChI is InChI=1S/C33H24NOP/c35-36(27-10-3-1-4-11-27,28-12-5-2-6-13-28)31-21-18-26(22-34-31)29-19-16-25-15-14-23-8-7-9-24-17-20-30(29)33(25)32(23)24/h1-22,35-36H. The molecule has 0 fully saturated rings. The van der Waals surface area contributed by atoms with Crippen molar-refractivity contribution in [2.75, 3.05) is 0 Å². The molecule has 3 heteroatoms. The zero-order valence-corrected chi connectivity index (χ0v) is 20.6. The van der Waals surface area contributed by atoms with Crippen molar-refractivity contribution in [2.24, 2.45) is 0 Å². The summed E-state index contributed by atoms with van der Waals surface area (Å²) in [7, 11) is -3.22. The summed E-state index contributed by atoms with van der Waals surface area (Å²) in [5.41, 5.74) is 2.94. The molecule has 0 saturated heterocycles. The molecular formula is C33H24NOP. The molecule has 7 rings (SSSR count). The summed E-state index contributed by atoms with van der Waals surface area (Å²) in [5, 5.41) is 9.47. The minimum absolute atomic E-state index is 0.737. The average Bonchev–Trinajstić information content (AvgIpc) is 2.96. The molecule has 2 nitrogen and oxygen atoms in total. The van der Waals surface area contributed by atoms with E-state index in [0.29, 0.717) is 0 Å². The van der Waals surface area contributed by atoms with Crippen LogP contribution >= 0.6 is 7.49 Å². The number of aromatic nitrogens is 1. The van der Waals surface area contributed by atoms with Crippen LogP contribution in [-0.2, 0) is 0 Å². The van der Waals surface area contributed by atoms with Crippen LogP contribution in [0.3, 0.4) is 0 Å². The fourth-order valence-corrected chi connectivity index (χ4v) is 8.43. The second-order valence-electron chi connectivity index (χ2n) is 9.34. The first-order valence-electron chi connectivity index (χ1n) is 12.2. The summed E-state index contributed by atoms with van der Waals surface area (Å²) in [6.07, 6.45) is 1.92. The summed E-state index contributed by atoms with van der Waals surface area (Å²) in [6.45, 7) is 0. The number of hydrogen-bond acceptors (Lipinski definition) is 2. The van der Waals surface area contributed by atoms with Crippen LogP contribution in [0.1, 0.15) is 0 Å². The van der Waals surface area contributed by atoms with Gasteiger partial charge < -0.3 is 0 Å². The third kappa shape index (κ3) is 3.16. The monoisotopic (exact) mass is 481 g/mol. The molecule has 1 aromatic heterocycles. The summed E-state index contributed by atoms with van der Waals surface area (Å²) < 4.78 is 0. The van der Waals surface area contributed by atoms with Crippen LogP contribution in [0.4, 0.5) is 0 Å². The summed E-state index contributed by atoms with van der Waals surface area (Å²) in [5.74, 6) is 0. The maximum atomic E-state index is 12.2. The Morgan fingerprint density at radius 1 is 0.500 bits per heavy atom. The molecule has 0 radical (unpaired) electrons. The van der Waals surface area contributed by atoms with E-state index in [0.717, 1.165) is 27.2 Å². The summed E-state index contributed by atoms with van der Waals surface area (Å²) >= 11 is 0. The fraction of sp³-hybridized carbons (Fsp3) is 0. The number of hydrogen-bond donors (Lipinski definition) is 1. The van der Waals surface area contributed by atoms with Crippen LogP contribution in [0.5, 0.6) is 0 Å². The minimum atomic E-state index is -3.22. The molecule has 0 aliphatic rings. The van der Waals surface area contributed by atoms with E-state index in [9.17, 15) is 4.89 Å². The van der Waals surface area contributed by atoms with Gasteiger partial charge in [-0.15, -0.1) is 0 Å². The van der Waals surface area contributed by atoms with Crippen LogP contribution in [0, 0.1) is 0 Å². The third-order valence-electron chi connectivity index (χ3n) is 7.36. The molecule has 6 aromatic carbocycles. The van der Waals surface area contributed by atoms with Gasteiger partial charge in [-0.1, -0.05) is 0 Å². The number of benzene rings is 6. The van der Waals surface area contributed by atoms with Gasteiger partial charge in [-0.3, -0.25) is 0 Å². The van der Waals surface area contributed by atoms with Crippen molar-refractivity contribution >= 4 is 55.9 Å². The SMILES string of the molecule is O[PH](c1ccccc1)(c1ccccc1)c1ccc(-c2ccc3ccc4cccc5ccc2c3c45)cn1. The number of pyridine rings is 1. The molecule has 0 atom stereocenters. The van der Waals surface area contributed by atoms with Crippen LogP contribution in [0.25, 0.3) is 43.4 Å². The van der Waals surface area contributed by atoms with Crippen molar-refractivity contribution in [1.29, 1.82) is 0 Å². The van der Waals surface area contributed by atoms with Gasteiger partial charge in [0.25, 0.3) is 0 Å². The van der Waals surface area contributed by atoms with Crippen LogP contribution < -0.4 is 16.0 Å². The number of nitrogens with zero attached hydrogens (tertiary/aromatic N) is 1. The van der Waals surface area contributed by atoms with Gasteiger partial charge in [0, 0.05) is 0 Å². The molecule has 0 saturated carbocycles. The first-order chi connectivity index (χ1) is 17.7. The van der Waals surface area contributed by atoms with E-state index in [1.165, 1.54) is 32.3 Å². The van der Waals surface area contributed by atoms with Crippen molar-refractivity contribution in [3.05, 3.63) is 134 Å². The molecule has 7 aromatic rings. The van der Waals surface area contributed by atoms with E-state index in [2.05, 4.69) is 60.7 Å². The first-order valence-corrected chi connectivity index (χ1v) is 14.1. The predicted octanol–water partition coefficient (Wildman–Crippen LogP) is 6.58. The van der Waals surface area contributed by atoms with Gasteiger partial charge in [0.05, 0.1) is 0 Å². The topological polar surface area (TPSA) is 33.1 Å². The molecule has 172 valence electrons. The van der Waals surface area contributed by atoms with E-state index in [1.54, 1.807) is 0 Å². The second kappa shape index (κ2) is 8.24. The Labute approximate surface area is 210 Å². The van der Waals surface area contributed by atoms with Gasteiger partial charge in [-0.25, -0.2) is 0 Å². The Bertz CT molecular complexity index is 1770. The zero-order chi connectivity index (χ0) is 24.1. The van der Waals surface area contributed by atoms with Gasteiger partial charge >= 0.3 is 210 Å². The summed E-state index contributed by atoms with van der Waals surface area (Å²) in [6, 6.07) is 43.8. The Hall–Kier alpha value is -4.10. The third-order valence-corrected chi connectivity index (χ3v) is 10.7. The van der Waals surface area contributed by atoms with Gasteiger partial charge in [-0.2, -0.15) is 0 Å². The second-order valence-corrected chi connectivity index (χ2v) is 12.4. The maximum absolute atomic E-state index is 12.2. The van der Waals surface area contributed by atoms with Crippen LogP contribution in [0.15, 0.2) is 134 Å². The van der Waals surface area contributed by atoms with E-state index in [1.807, 2.05) is 72.9 Å². The molecule has 0 unspecified atom stereocenters. The molecule has 36 heavy (non-hydrogen) atoms. The van der Waals surface area contributed by atoms with Crippen molar-refractivity contribution in [3.8, 4) is 11.1 Å². The fourth-order valence-electron chi connectivity index (χ4n) is 5.58.